The lowest BCUT2D eigenvalue weighted by Gasteiger charge is -2.09. The molecule has 0 radical (unpaired) electrons. The molecule has 1 aliphatic heterocycles. The number of amides is 1. The zero-order valence-corrected chi connectivity index (χ0v) is 16.2. The van der Waals surface area contributed by atoms with Gasteiger partial charge < -0.3 is 15.2 Å². The molecule has 0 bridgehead atoms. The van der Waals surface area contributed by atoms with Gasteiger partial charge in [-0.15, -0.1) is 0 Å². The lowest BCUT2D eigenvalue weighted by Crippen LogP contribution is -2.15. The van der Waals surface area contributed by atoms with Crippen LogP contribution in [0, 0.1) is 6.92 Å². The van der Waals surface area contributed by atoms with Crippen LogP contribution >= 0.6 is 0 Å². The molecule has 0 aliphatic carbocycles. The zero-order valence-electron chi connectivity index (χ0n) is 16.2. The molecular weight excluding hydrogens is 387 g/mol. The first-order valence-electron chi connectivity index (χ1n) is 9.64. The van der Waals surface area contributed by atoms with Crippen LogP contribution in [0.25, 0.3) is 17.0 Å². The van der Waals surface area contributed by atoms with Crippen LogP contribution in [0.3, 0.4) is 0 Å². The number of alkyl halides is 1. The molecule has 1 amide bonds. The van der Waals surface area contributed by atoms with Crippen LogP contribution in [-0.2, 0) is 0 Å². The Morgan fingerprint density at radius 3 is 3.07 bits per heavy atom. The number of pyridine rings is 1. The average molecular weight is 406 g/mol. The van der Waals surface area contributed by atoms with E-state index in [9.17, 15) is 9.18 Å². The van der Waals surface area contributed by atoms with Gasteiger partial charge in [0.15, 0.2) is 0 Å². The van der Waals surface area contributed by atoms with E-state index in [1.165, 1.54) is 0 Å². The summed E-state index contributed by atoms with van der Waals surface area (Å²) in [6, 6.07) is 10.8. The lowest BCUT2D eigenvalue weighted by atomic mass is 10.1. The van der Waals surface area contributed by atoms with Crippen molar-refractivity contribution in [2.24, 2.45) is 0 Å². The number of imidazole rings is 1. The molecule has 3 aromatic heterocycles. The van der Waals surface area contributed by atoms with Gasteiger partial charge in [-0.25, -0.2) is 9.37 Å². The highest BCUT2D eigenvalue weighted by Gasteiger charge is 2.29. The average Bonchev–Trinajstić information content (AvgIpc) is 3.48. The minimum atomic E-state index is -0.911. The van der Waals surface area contributed by atoms with Gasteiger partial charge >= 0.3 is 0 Å². The summed E-state index contributed by atoms with van der Waals surface area (Å²) in [5.41, 5.74) is 3.35. The van der Waals surface area contributed by atoms with E-state index in [0.29, 0.717) is 40.7 Å². The number of anilines is 1. The highest BCUT2D eigenvalue weighted by Crippen LogP contribution is 2.28. The third kappa shape index (κ3) is 3.33. The SMILES string of the molecule is Cc1ccc(-c2noc([C@H]3C[C@H](F)CN3)n2)cc1NC(=O)c1cnc2ccccn12. The first-order chi connectivity index (χ1) is 14.6. The summed E-state index contributed by atoms with van der Waals surface area (Å²) in [7, 11) is 0. The number of hydrogen-bond donors (Lipinski definition) is 2. The van der Waals surface area contributed by atoms with Crippen LogP contribution < -0.4 is 10.6 Å². The van der Waals surface area contributed by atoms with Gasteiger partial charge in [-0.2, -0.15) is 4.98 Å². The van der Waals surface area contributed by atoms with Crippen molar-refractivity contribution >= 4 is 17.2 Å². The second-order valence-electron chi connectivity index (χ2n) is 7.31. The maximum atomic E-state index is 13.4. The van der Waals surface area contributed by atoms with Gasteiger partial charge in [0, 0.05) is 30.4 Å². The molecule has 9 heteroatoms. The summed E-state index contributed by atoms with van der Waals surface area (Å²) in [4.78, 5) is 21.5. The van der Waals surface area contributed by atoms with E-state index in [0.717, 1.165) is 5.56 Å². The number of hydrogen-bond acceptors (Lipinski definition) is 6. The molecule has 2 N–H and O–H groups in total. The normalized spacial score (nSPS) is 18.7. The van der Waals surface area contributed by atoms with Crippen molar-refractivity contribution in [1.82, 2.24) is 24.8 Å². The van der Waals surface area contributed by atoms with Crippen LogP contribution in [-0.4, -0.2) is 38.1 Å². The van der Waals surface area contributed by atoms with E-state index in [2.05, 4.69) is 25.8 Å². The van der Waals surface area contributed by atoms with Crippen molar-refractivity contribution in [3.8, 4) is 11.4 Å². The summed E-state index contributed by atoms with van der Waals surface area (Å²) < 4.78 is 20.5. The fourth-order valence-electron chi connectivity index (χ4n) is 3.56. The van der Waals surface area contributed by atoms with Gasteiger partial charge in [-0.1, -0.05) is 23.4 Å². The lowest BCUT2D eigenvalue weighted by molar-refractivity contribution is 0.102. The van der Waals surface area contributed by atoms with E-state index >= 15 is 0 Å². The Labute approximate surface area is 171 Å². The van der Waals surface area contributed by atoms with Crippen LogP contribution in [0.5, 0.6) is 0 Å². The minimum absolute atomic E-state index is 0.271. The molecule has 152 valence electrons. The Hall–Kier alpha value is -3.59. The molecular formula is C21H19FN6O2. The Morgan fingerprint density at radius 2 is 2.23 bits per heavy atom. The molecule has 0 saturated carbocycles. The summed E-state index contributed by atoms with van der Waals surface area (Å²) in [6.07, 6.45) is 2.74. The fourth-order valence-corrected chi connectivity index (χ4v) is 3.56. The Kier molecular flexibility index (Phi) is 4.51. The van der Waals surface area contributed by atoms with Gasteiger partial charge in [0.05, 0.1) is 12.2 Å². The van der Waals surface area contributed by atoms with Crippen molar-refractivity contribution in [1.29, 1.82) is 0 Å². The molecule has 30 heavy (non-hydrogen) atoms. The van der Waals surface area contributed by atoms with Crippen LogP contribution in [0.15, 0.2) is 53.3 Å². The topological polar surface area (TPSA) is 97.4 Å². The number of rotatable bonds is 4. The van der Waals surface area contributed by atoms with Crippen LogP contribution in [0.2, 0.25) is 0 Å². The Balaban J connectivity index is 1.40. The predicted molar refractivity (Wildman–Crippen MR) is 108 cm³/mol. The van der Waals surface area contributed by atoms with Gasteiger partial charge in [0.1, 0.15) is 17.5 Å². The fraction of sp³-hybridized carbons (Fsp3) is 0.238. The molecule has 1 aliphatic rings. The van der Waals surface area contributed by atoms with Crippen molar-refractivity contribution in [3.05, 3.63) is 65.9 Å². The monoisotopic (exact) mass is 406 g/mol. The van der Waals surface area contributed by atoms with Crippen molar-refractivity contribution < 1.29 is 13.7 Å². The standard InChI is InChI=1S/C21H19FN6O2/c1-12-5-6-13(19-26-21(30-27-19)16-9-14(22)10-23-16)8-15(12)25-20(29)17-11-24-18-4-2-3-7-28(17)18/h2-8,11,14,16,23H,9-10H2,1H3,(H,25,29)/t14-,16+/m0/s1. The highest BCUT2D eigenvalue weighted by atomic mass is 19.1. The molecule has 4 aromatic rings. The molecule has 2 atom stereocenters. The Morgan fingerprint density at radius 1 is 1.33 bits per heavy atom. The summed E-state index contributed by atoms with van der Waals surface area (Å²) >= 11 is 0. The van der Waals surface area contributed by atoms with Crippen molar-refractivity contribution in [2.75, 3.05) is 11.9 Å². The first-order valence-corrected chi connectivity index (χ1v) is 9.64. The Bertz CT molecular complexity index is 1230. The minimum Gasteiger partial charge on any atom is -0.337 e. The van der Waals surface area contributed by atoms with E-state index < -0.39 is 6.17 Å². The van der Waals surface area contributed by atoms with Crippen LogP contribution in [0.1, 0.15) is 34.4 Å². The number of nitrogens with one attached hydrogen (secondary N) is 2. The predicted octanol–water partition coefficient (Wildman–Crippen LogP) is 3.32. The van der Waals surface area contributed by atoms with Crippen molar-refractivity contribution in [2.45, 2.75) is 25.6 Å². The molecule has 4 heterocycles. The number of fused-ring (bicyclic) bond motifs is 1. The summed E-state index contributed by atoms with van der Waals surface area (Å²) in [5.74, 6) is 0.480. The van der Waals surface area contributed by atoms with Gasteiger partial charge in [0.2, 0.25) is 11.7 Å². The largest absolute Gasteiger partial charge is 0.337 e. The first kappa shape index (κ1) is 18.4. The number of nitrogens with zero attached hydrogens (tertiary/aromatic N) is 4. The third-order valence-corrected chi connectivity index (χ3v) is 5.21. The molecule has 8 nitrogen and oxygen atoms in total. The van der Waals surface area contributed by atoms with E-state index in [1.807, 2.05) is 37.3 Å². The second-order valence-corrected chi connectivity index (χ2v) is 7.31. The van der Waals surface area contributed by atoms with E-state index in [1.54, 1.807) is 22.9 Å². The highest BCUT2D eigenvalue weighted by molar-refractivity contribution is 6.04. The maximum Gasteiger partial charge on any atom is 0.274 e. The zero-order chi connectivity index (χ0) is 20.7. The summed E-state index contributed by atoms with van der Waals surface area (Å²) in [6.45, 7) is 2.19. The number of aromatic nitrogens is 4. The molecule has 0 spiro atoms. The number of aryl methyl sites for hydroxylation is 1. The number of carbonyl (C=O) groups excluding carboxylic acids is 1. The number of benzene rings is 1. The van der Waals surface area contributed by atoms with Gasteiger partial charge in [-0.3, -0.25) is 9.20 Å². The van der Waals surface area contributed by atoms with Gasteiger partial charge in [-0.05, 0) is 30.7 Å². The smallest absolute Gasteiger partial charge is 0.274 e. The van der Waals surface area contributed by atoms with Crippen molar-refractivity contribution in [3.63, 3.8) is 0 Å². The number of halogens is 1. The molecule has 0 unspecified atom stereocenters. The number of carbonyl (C=O) groups is 1. The quantitative estimate of drug-likeness (QED) is 0.540. The molecule has 1 aromatic carbocycles. The maximum absolute atomic E-state index is 13.4. The van der Waals surface area contributed by atoms with Gasteiger partial charge in [0.25, 0.3) is 5.91 Å². The molecule has 1 saturated heterocycles. The second kappa shape index (κ2) is 7.34. The third-order valence-electron chi connectivity index (χ3n) is 5.21. The molecule has 5 rings (SSSR count). The van der Waals surface area contributed by atoms with E-state index in [-0.39, 0.29) is 18.5 Å². The summed E-state index contributed by atoms with van der Waals surface area (Å²) in [5, 5.41) is 9.98. The van der Waals surface area contributed by atoms with E-state index in [4.69, 9.17) is 4.52 Å². The molecule has 1 fully saturated rings. The van der Waals surface area contributed by atoms with Crippen LogP contribution in [0.4, 0.5) is 10.1 Å².